The predicted molar refractivity (Wildman–Crippen MR) is 79.1 cm³/mol. The molecule has 5 nitrogen and oxygen atoms in total. The number of carbonyl (C=O) groups is 1. The van der Waals surface area contributed by atoms with Crippen molar-refractivity contribution in [3.8, 4) is 0 Å². The van der Waals surface area contributed by atoms with Gasteiger partial charge in [0.25, 0.3) is 5.91 Å². The summed E-state index contributed by atoms with van der Waals surface area (Å²) < 4.78 is 26.6. The van der Waals surface area contributed by atoms with E-state index >= 15 is 0 Å². The number of rotatable bonds is 6. The van der Waals surface area contributed by atoms with E-state index in [1.807, 2.05) is 13.8 Å². The molecule has 2 N–H and O–H groups in total. The van der Waals surface area contributed by atoms with Crippen molar-refractivity contribution in [1.29, 1.82) is 0 Å². The SMILES string of the molecule is CCC(C)NC(=O)c1cccc(S(=O)(=O)NC(C)C)c1. The Bertz CT molecular complexity index is 568. The van der Waals surface area contributed by atoms with Crippen molar-refractivity contribution in [3.05, 3.63) is 29.8 Å². The molecule has 1 unspecified atom stereocenters. The Labute approximate surface area is 120 Å². The van der Waals surface area contributed by atoms with Crippen LogP contribution < -0.4 is 10.0 Å². The van der Waals surface area contributed by atoms with Crippen molar-refractivity contribution in [2.75, 3.05) is 0 Å². The molecule has 0 aliphatic carbocycles. The second-order valence-electron chi connectivity index (χ2n) is 5.09. The topological polar surface area (TPSA) is 75.3 Å². The molecule has 6 heteroatoms. The first-order chi connectivity index (χ1) is 9.26. The number of hydrogen-bond acceptors (Lipinski definition) is 3. The molecule has 1 rings (SSSR count). The van der Waals surface area contributed by atoms with E-state index in [1.54, 1.807) is 26.0 Å². The highest BCUT2D eigenvalue weighted by Gasteiger charge is 2.17. The lowest BCUT2D eigenvalue weighted by Gasteiger charge is -2.13. The summed E-state index contributed by atoms with van der Waals surface area (Å²) in [7, 11) is -3.58. The molecule has 0 saturated heterocycles. The molecule has 0 spiro atoms. The fraction of sp³-hybridized carbons (Fsp3) is 0.500. The third kappa shape index (κ3) is 4.61. The lowest BCUT2D eigenvalue weighted by Crippen LogP contribution is -2.33. The van der Waals surface area contributed by atoms with Crippen LogP contribution in [0, 0.1) is 0 Å². The Hall–Kier alpha value is -1.40. The van der Waals surface area contributed by atoms with Gasteiger partial charge >= 0.3 is 0 Å². The van der Waals surface area contributed by atoms with E-state index in [9.17, 15) is 13.2 Å². The Morgan fingerprint density at radius 1 is 1.25 bits per heavy atom. The van der Waals surface area contributed by atoms with E-state index in [0.717, 1.165) is 6.42 Å². The molecular formula is C14H22N2O3S. The van der Waals surface area contributed by atoms with E-state index in [-0.39, 0.29) is 22.9 Å². The quantitative estimate of drug-likeness (QED) is 0.842. The summed E-state index contributed by atoms with van der Waals surface area (Å²) >= 11 is 0. The summed E-state index contributed by atoms with van der Waals surface area (Å²) in [4.78, 5) is 12.1. The summed E-state index contributed by atoms with van der Waals surface area (Å²) in [6, 6.07) is 5.90. The van der Waals surface area contributed by atoms with Crippen LogP contribution >= 0.6 is 0 Å². The van der Waals surface area contributed by atoms with Gasteiger partial charge in [-0.25, -0.2) is 13.1 Å². The van der Waals surface area contributed by atoms with Gasteiger partial charge in [-0.1, -0.05) is 13.0 Å². The maximum Gasteiger partial charge on any atom is 0.251 e. The van der Waals surface area contributed by atoms with Crippen molar-refractivity contribution in [3.63, 3.8) is 0 Å². The molecule has 0 fully saturated rings. The first-order valence-electron chi connectivity index (χ1n) is 6.69. The smallest absolute Gasteiger partial charge is 0.251 e. The van der Waals surface area contributed by atoms with Gasteiger partial charge in [0, 0.05) is 17.6 Å². The van der Waals surface area contributed by atoms with E-state index in [4.69, 9.17) is 0 Å². The zero-order valence-electron chi connectivity index (χ0n) is 12.3. The van der Waals surface area contributed by atoms with E-state index in [1.165, 1.54) is 12.1 Å². The lowest BCUT2D eigenvalue weighted by atomic mass is 10.2. The zero-order valence-corrected chi connectivity index (χ0v) is 13.1. The molecule has 0 aliphatic rings. The van der Waals surface area contributed by atoms with Gasteiger partial charge in [0.05, 0.1) is 4.90 Å². The molecule has 0 aromatic heterocycles. The summed E-state index contributed by atoms with van der Waals surface area (Å²) in [5, 5.41) is 2.81. The first kappa shape index (κ1) is 16.7. The minimum absolute atomic E-state index is 0.0524. The first-order valence-corrected chi connectivity index (χ1v) is 8.17. The van der Waals surface area contributed by atoms with Gasteiger partial charge in [0.15, 0.2) is 0 Å². The van der Waals surface area contributed by atoms with Gasteiger partial charge in [-0.3, -0.25) is 4.79 Å². The predicted octanol–water partition coefficient (Wildman–Crippen LogP) is 1.90. The molecule has 1 aromatic carbocycles. The highest BCUT2D eigenvalue weighted by Crippen LogP contribution is 2.12. The summed E-state index contributed by atoms with van der Waals surface area (Å²) in [6.45, 7) is 7.37. The molecule has 0 radical (unpaired) electrons. The number of benzene rings is 1. The van der Waals surface area contributed by atoms with Gasteiger partial charge < -0.3 is 5.32 Å². The largest absolute Gasteiger partial charge is 0.350 e. The molecule has 0 heterocycles. The number of nitrogens with one attached hydrogen (secondary N) is 2. The molecule has 20 heavy (non-hydrogen) atoms. The highest BCUT2D eigenvalue weighted by atomic mass is 32.2. The van der Waals surface area contributed by atoms with Crippen LogP contribution in [0.4, 0.5) is 0 Å². The van der Waals surface area contributed by atoms with Crippen molar-refractivity contribution in [2.24, 2.45) is 0 Å². The fourth-order valence-electron chi connectivity index (χ4n) is 1.59. The molecule has 1 aromatic rings. The van der Waals surface area contributed by atoms with E-state index in [0.29, 0.717) is 5.56 Å². The maximum absolute atomic E-state index is 12.1. The molecule has 1 amide bonds. The molecule has 0 bridgehead atoms. The van der Waals surface area contributed by atoms with Crippen LogP contribution in [0.1, 0.15) is 44.5 Å². The average Bonchev–Trinajstić information content (AvgIpc) is 2.37. The third-order valence-electron chi connectivity index (χ3n) is 2.79. The number of hydrogen-bond donors (Lipinski definition) is 2. The van der Waals surface area contributed by atoms with Gasteiger partial charge in [-0.15, -0.1) is 0 Å². The Balaban J connectivity index is 2.99. The van der Waals surface area contributed by atoms with Crippen molar-refractivity contribution < 1.29 is 13.2 Å². The van der Waals surface area contributed by atoms with Crippen LogP contribution in [-0.2, 0) is 10.0 Å². The van der Waals surface area contributed by atoms with Crippen LogP contribution in [-0.4, -0.2) is 26.4 Å². The summed E-state index contributed by atoms with van der Waals surface area (Å²) in [5.41, 5.74) is 0.344. The lowest BCUT2D eigenvalue weighted by molar-refractivity contribution is 0.0939. The van der Waals surface area contributed by atoms with Crippen LogP contribution in [0.25, 0.3) is 0 Å². The van der Waals surface area contributed by atoms with Gasteiger partial charge in [0.1, 0.15) is 0 Å². The Kier molecular flexibility index (Phi) is 5.71. The van der Waals surface area contributed by atoms with Gasteiger partial charge in [-0.2, -0.15) is 0 Å². The van der Waals surface area contributed by atoms with Gasteiger partial charge in [0.2, 0.25) is 10.0 Å². The third-order valence-corrected chi connectivity index (χ3v) is 4.44. The van der Waals surface area contributed by atoms with Crippen LogP contribution in [0.2, 0.25) is 0 Å². The number of sulfonamides is 1. The second kappa shape index (κ2) is 6.85. The van der Waals surface area contributed by atoms with Gasteiger partial charge in [-0.05, 0) is 45.4 Å². The van der Waals surface area contributed by atoms with Crippen LogP contribution in [0.3, 0.4) is 0 Å². The van der Waals surface area contributed by atoms with Crippen LogP contribution in [0.15, 0.2) is 29.2 Å². The minimum Gasteiger partial charge on any atom is -0.350 e. The van der Waals surface area contributed by atoms with E-state index in [2.05, 4.69) is 10.0 Å². The van der Waals surface area contributed by atoms with Crippen molar-refractivity contribution in [1.82, 2.24) is 10.0 Å². The fourth-order valence-corrected chi connectivity index (χ4v) is 2.89. The summed E-state index contributed by atoms with van der Waals surface area (Å²) in [5.74, 6) is -0.263. The standard InChI is InChI=1S/C14H22N2O3S/c1-5-11(4)15-14(17)12-7-6-8-13(9-12)20(18,19)16-10(2)3/h6-11,16H,5H2,1-4H3,(H,15,17). The minimum atomic E-state index is -3.58. The summed E-state index contributed by atoms with van der Waals surface area (Å²) in [6.07, 6.45) is 0.818. The molecule has 1 atom stereocenters. The van der Waals surface area contributed by atoms with Crippen LogP contribution in [0.5, 0.6) is 0 Å². The molecular weight excluding hydrogens is 276 g/mol. The maximum atomic E-state index is 12.1. The number of amides is 1. The highest BCUT2D eigenvalue weighted by molar-refractivity contribution is 7.89. The monoisotopic (exact) mass is 298 g/mol. The number of carbonyl (C=O) groups excluding carboxylic acids is 1. The molecule has 112 valence electrons. The Morgan fingerprint density at radius 2 is 1.90 bits per heavy atom. The van der Waals surface area contributed by atoms with E-state index < -0.39 is 10.0 Å². The molecule has 0 aliphatic heterocycles. The second-order valence-corrected chi connectivity index (χ2v) is 6.80. The Morgan fingerprint density at radius 3 is 2.45 bits per heavy atom. The van der Waals surface area contributed by atoms with Crippen molar-refractivity contribution >= 4 is 15.9 Å². The zero-order chi connectivity index (χ0) is 15.3. The molecule has 0 saturated carbocycles. The van der Waals surface area contributed by atoms with Crippen molar-refractivity contribution in [2.45, 2.75) is 51.1 Å². The average molecular weight is 298 g/mol. The normalized spacial score (nSPS) is 13.2.